The molecule has 2 aliphatic carbocycles. The van der Waals surface area contributed by atoms with E-state index in [1.807, 2.05) is 0 Å². The molecular formula is C7H12O. The van der Waals surface area contributed by atoms with E-state index in [-0.39, 0.29) is 6.10 Å². The fourth-order valence-electron chi connectivity index (χ4n) is 2.21. The summed E-state index contributed by atoms with van der Waals surface area (Å²) in [4.78, 5) is 0. The van der Waals surface area contributed by atoms with Gasteiger partial charge in [-0.25, -0.2) is 0 Å². The number of fused-ring (bicyclic) bond motifs is 2. The summed E-state index contributed by atoms with van der Waals surface area (Å²) in [7, 11) is 0. The molecular weight excluding hydrogens is 100 g/mol. The fourth-order valence-corrected chi connectivity index (χ4v) is 2.21. The van der Waals surface area contributed by atoms with Gasteiger partial charge in [0.2, 0.25) is 0 Å². The first-order valence-electron chi connectivity index (χ1n) is 3.54. The molecule has 0 aromatic heterocycles. The van der Waals surface area contributed by atoms with E-state index in [1.54, 1.807) is 0 Å². The van der Waals surface area contributed by atoms with Gasteiger partial charge in [0, 0.05) is 0 Å². The van der Waals surface area contributed by atoms with E-state index in [1.165, 1.54) is 19.3 Å². The molecule has 2 fully saturated rings. The standard InChI is InChI=1S/C7H12O/c8-7-4-5-1-2-6(7)3-5/h5-8H,1-4H2/t5-,6+,7+/m0/s1. The summed E-state index contributed by atoms with van der Waals surface area (Å²) in [6, 6.07) is 0. The van der Waals surface area contributed by atoms with Crippen molar-refractivity contribution in [2.75, 3.05) is 0 Å². The highest BCUT2D eigenvalue weighted by molar-refractivity contribution is 4.89. The van der Waals surface area contributed by atoms with Gasteiger partial charge in [-0.3, -0.25) is 0 Å². The van der Waals surface area contributed by atoms with Gasteiger partial charge in [0.15, 0.2) is 0 Å². The van der Waals surface area contributed by atoms with E-state index in [0.29, 0.717) is 5.92 Å². The topological polar surface area (TPSA) is 20.2 Å². The van der Waals surface area contributed by atoms with Gasteiger partial charge in [0.1, 0.15) is 0 Å². The van der Waals surface area contributed by atoms with Crippen LogP contribution in [-0.2, 0) is 0 Å². The van der Waals surface area contributed by atoms with Crippen molar-refractivity contribution in [3.63, 3.8) is 0 Å². The average Bonchev–Trinajstić information content (AvgIpc) is 2.23. The second-order valence-electron chi connectivity index (χ2n) is 3.24. The highest BCUT2D eigenvalue weighted by Gasteiger charge is 2.38. The highest BCUT2D eigenvalue weighted by Crippen LogP contribution is 2.44. The number of aliphatic hydroxyl groups is 1. The first-order valence-corrected chi connectivity index (χ1v) is 3.54. The molecule has 0 unspecified atom stereocenters. The van der Waals surface area contributed by atoms with E-state index in [4.69, 9.17) is 0 Å². The molecule has 0 aromatic rings. The van der Waals surface area contributed by atoms with E-state index >= 15 is 0 Å². The molecule has 1 heteroatoms. The Morgan fingerprint density at radius 1 is 1.12 bits per heavy atom. The average molecular weight is 112 g/mol. The number of hydrogen-bond acceptors (Lipinski definition) is 1. The van der Waals surface area contributed by atoms with Crippen LogP contribution in [0, 0.1) is 11.8 Å². The van der Waals surface area contributed by atoms with Crippen LogP contribution in [0.2, 0.25) is 0 Å². The smallest absolute Gasteiger partial charge is 0.0571 e. The molecule has 0 heterocycles. The van der Waals surface area contributed by atoms with Crippen molar-refractivity contribution in [2.24, 2.45) is 11.8 Å². The SMILES string of the molecule is O[C@@H]1C[C@H]2CC[C@@H]1C2. The Bertz CT molecular complexity index is 98.6. The molecule has 8 heavy (non-hydrogen) atoms. The largest absolute Gasteiger partial charge is 0.393 e. The lowest BCUT2D eigenvalue weighted by Gasteiger charge is -2.14. The molecule has 1 N–H and O–H groups in total. The second kappa shape index (κ2) is 1.47. The van der Waals surface area contributed by atoms with Crippen molar-refractivity contribution >= 4 is 0 Å². The third kappa shape index (κ3) is 0.510. The van der Waals surface area contributed by atoms with Crippen molar-refractivity contribution in [1.29, 1.82) is 0 Å². The van der Waals surface area contributed by atoms with Gasteiger partial charge in [-0.05, 0) is 37.5 Å². The molecule has 0 spiro atoms. The molecule has 0 radical (unpaired) electrons. The predicted molar refractivity (Wildman–Crippen MR) is 31.5 cm³/mol. The zero-order chi connectivity index (χ0) is 5.56. The third-order valence-corrected chi connectivity index (χ3v) is 2.70. The predicted octanol–water partition coefficient (Wildman–Crippen LogP) is 1.17. The van der Waals surface area contributed by atoms with Gasteiger partial charge < -0.3 is 5.11 Å². The van der Waals surface area contributed by atoms with Crippen molar-refractivity contribution in [2.45, 2.75) is 31.8 Å². The Morgan fingerprint density at radius 2 is 2.00 bits per heavy atom. The lowest BCUT2D eigenvalue weighted by molar-refractivity contribution is 0.113. The van der Waals surface area contributed by atoms with Crippen molar-refractivity contribution in [1.82, 2.24) is 0 Å². The summed E-state index contributed by atoms with van der Waals surface area (Å²) >= 11 is 0. The van der Waals surface area contributed by atoms with Crippen LogP contribution in [0.25, 0.3) is 0 Å². The number of aliphatic hydroxyl groups excluding tert-OH is 1. The minimum atomic E-state index is 0.0775. The van der Waals surface area contributed by atoms with E-state index < -0.39 is 0 Å². The Balaban J connectivity index is 2.11. The summed E-state index contributed by atoms with van der Waals surface area (Å²) in [5, 5.41) is 9.22. The molecule has 0 saturated heterocycles. The van der Waals surface area contributed by atoms with Gasteiger partial charge in [0.25, 0.3) is 0 Å². The Hall–Kier alpha value is -0.0400. The Kier molecular flexibility index (Phi) is 0.884. The molecule has 2 bridgehead atoms. The summed E-state index contributed by atoms with van der Waals surface area (Å²) in [6.45, 7) is 0. The second-order valence-corrected chi connectivity index (χ2v) is 3.24. The Morgan fingerprint density at radius 3 is 2.25 bits per heavy atom. The molecule has 1 nitrogen and oxygen atoms in total. The molecule has 0 amide bonds. The van der Waals surface area contributed by atoms with Crippen LogP contribution in [0.4, 0.5) is 0 Å². The van der Waals surface area contributed by atoms with Crippen molar-refractivity contribution in [3.05, 3.63) is 0 Å². The maximum atomic E-state index is 9.22. The summed E-state index contributed by atoms with van der Waals surface area (Å²) in [5.74, 6) is 1.59. The highest BCUT2D eigenvalue weighted by atomic mass is 16.3. The van der Waals surface area contributed by atoms with Crippen LogP contribution in [0.1, 0.15) is 25.7 Å². The van der Waals surface area contributed by atoms with Crippen LogP contribution in [0.3, 0.4) is 0 Å². The molecule has 0 aliphatic heterocycles. The summed E-state index contributed by atoms with van der Waals surface area (Å²) < 4.78 is 0. The van der Waals surface area contributed by atoms with Gasteiger partial charge in [-0.15, -0.1) is 0 Å². The lowest BCUT2D eigenvalue weighted by atomic mass is 9.98. The molecule has 2 aliphatic rings. The molecule has 2 rings (SSSR count). The third-order valence-electron chi connectivity index (χ3n) is 2.70. The van der Waals surface area contributed by atoms with Crippen molar-refractivity contribution < 1.29 is 5.11 Å². The fraction of sp³-hybridized carbons (Fsp3) is 1.00. The maximum Gasteiger partial charge on any atom is 0.0571 e. The van der Waals surface area contributed by atoms with E-state index in [2.05, 4.69) is 0 Å². The van der Waals surface area contributed by atoms with Crippen molar-refractivity contribution in [3.8, 4) is 0 Å². The van der Waals surface area contributed by atoms with Gasteiger partial charge >= 0.3 is 0 Å². The number of hydrogen-bond donors (Lipinski definition) is 1. The Labute approximate surface area is 49.7 Å². The van der Waals surface area contributed by atoms with E-state index in [9.17, 15) is 5.11 Å². The first kappa shape index (κ1) is 4.80. The lowest BCUT2D eigenvalue weighted by Crippen LogP contribution is -2.14. The maximum absolute atomic E-state index is 9.22. The molecule has 0 aromatic carbocycles. The zero-order valence-electron chi connectivity index (χ0n) is 5.01. The van der Waals surface area contributed by atoms with Crippen LogP contribution in [0.15, 0.2) is 0 Å². The van der Waals surface area contributed by atoms with Gasteiger partial charge in [-0.2, -0.15) is 0 Å². The van der Waals surface area contributed by atoms with Gasteiger partial charge in [0.05, 0.1) is 6.10 Å². The molecule has 46 valence electrons. The quantitative estimate of drug-likeness (QED) is 0.498. The first-order chi connectivity index (χ1) is 3.86. The van der Waals surface area contributed by atoms with Crippen LogP contribution in [0.5, 0.6) is 0 Å². The molecule has 3 atom stereocenters. The van der Waals surface area contributed by atoms with Crippen LogP contribution < -0.4 is 0 Å². The zero-order valence-corrected chi connectivity index (χ0v) is 5.01. The minimum Gasteiger partial charge on any atom is -0.393 e. The van der Waals surface area contributed by atoms with Crippen LogP contribution >= 0.6 is 0 Å². The molecule has 2 saturated carbocycles. The van der Waals surface area contributed by atoms with Crippen LogP contribution in [-0.4, -0.2) is 11.2 Å². The van der Waals surface area contributed by atoms with Gasteiger partial charge in [-0.1, -0.05) is 0 Å². The monoisotopic (exact) mass is 112 g/mol. The normalized spacial score (nSPS) is 52.9. The number of rotatable bonds is 0. The summed E-state index contributed by atoms with van der Waals surface area (Å²) in [5.41, 5.74) is 0. The van der Waals surface area contributed by atoms with E-state index in [0.717, 1.165) is 12.3 Å². The minimum absolute atomic E-state index is 0.0775. The summed E-state index contributed by atoms with van der Waals surface area (Å²) in [6.07, 6.45) is 5.19.